The normalized spacial score (nSPS) is 17.2. The Morgan fingerprint density at radius 2 is 1.67 bits per heavy atom. The van der Waals surface area contributed by atoms with Gasteiger partial charge in [-0.25, -0.2) is 0 Å². The molecule has 0 spiro atoms. The van der Waals surface area contributed by atoms with E-state index in [1.807, 2.05) is 30.3 Å². The molecule has 0 unspecified atom stereocenters. The maximum atomic E-state index is 10.9. The zero-order valence-electron chi connectivity index (χ0n) is 13.4. The monoisotopic (exact) mass is 342 g/mol. The molecule has 24 heavy (non-hydrogen) atoms. The predicted molar refractivity (Wildman–Crippen MR) is 99.0 cm³/mol. The first kappa shape index (κ1) is 15.7. The van der Waals surface area contributed by atoms with Crippen LogP contribution in [-0.2, 0) is 0 Å². The number of H-pyrrole nitrogens is 1. The Labute approximate surface area is 143 Å². The predicted octanol–water partition coefficient (Wildman–Crippen LogP) is 4.80. The van der Waals surface area contributed by atoms with Gasteiger partial charge in [0.25, 0.3) is 0 Å². The van der Waals surface area contributed by atoms with E-state index in [0.717, 1.165) is 36.8 Å². The lowest BCUT2D eigenvalue weighted by Gasteiger charge is -2.32. The summed E-state index contributed by atoms with van der Waals surface area (Å²) in [4.78, 5) is 4.45. The fourth-order valence-electron chi connectivity index (χ4n) is 3.60. The molecule has 1 fully saturated rings. The molecule has 4 nitrogen and oxygen atoms in total. The van der Waals surface area contributed by atoms with Gasteiger partial charge in [0.1, 0.15) is 0 Å². The van der Waals surface area contributed by atoms with Crippen LogP contribution in [0.3, 0.4) is 0 Å². The highest BCUT2D eigenvalue weighted by molar-refractivity contribution is 8.24. The molecule has 1 saturated heterocycles. The number of piperidine rings is 1. The molecule has 0 amide bonds. The molecular weight excluding hydrogens is 320 g/mol. The first-order valence-corrected chi connectivity index (χ1v) is 9.86. The van der Waals surface area contributed by atoms with Crippen molar-refractivity contribution in [1.82, 2.24) is 10.3 Å². The molecule has 0 aliphatic carbocycles. The summed E-state index contributed by atoms with van der Waals surface area (Å²) in [7, 11) is -3.01. The Balaban J connectivity index is 1.81. The maximum absolute atomic E-state index is 10.9. The molecule has 5 heteroatoms. The van der Waals surface area contributed by atoms with Crippen LogP contribution >= 0.6 is 10.6 Å². The van der Waals surface area contributed by atoms with Gasteiger partial charge < -0.3 is 10.3 Å². The Morgan fingerprint density at radius 1 is 0.917 bits per heavy atom. The summed E-state index contributed by atoms with van der Waals surface area (Å²) in [5, 5.41) is 4.31. The molecule has 1 aliphatic rings. The van der Waals surface area contributed by atoms with Gasteiger partial charge in [-0.05, 0) is 49.5 Å². The van der Waals surface area contributed by atoms with Crippen molar-refractivity contribution in [3.63, 3.8) is 0 Å². The van der Waals surface area contributed by atoms with Crippen molar-refractivity contribution in [1.29, 1.82) is 0 Å². The van der Waals surface area contributed by atoms with Crippen molar-refractivity contribution in [3.05, 3.63) is 60.3 Å². The minimum Gasteiger partial charge on any atom is -0.359 e. The fourth-order valence-corrected chi connectivity index (χ4v) is 5.09. The van der Waals surface area contributed by atoms with E-state index in [2.05, 4.69) is 16.4 Å². The summed E-state index contributed by atoms with van der Waals surface area (Å²) in [6, 6.07) is 15.2. The largest absolute Gasteiger partial charge is 0.359 e. The van der Waals surface area contributed by atoms with E-state index in [1.165, 1.54) is 5.56 Å². The lowest BCUT2D eigenvalue weighted by atomic mass is 9.89. The number of rotatable bonds is 3. The van der Waals surface area contributed by atoms with Crippen LogP contribution in [0.1, 0.15) is 24.3 Å². The van der Waals surface area contributed by atoms with Crippen LogP contribution in [0.2, 0.25) is 0 Å². The molecule has 4 N–H and O–H groups in total. The fraction of sp³-hybridized carbons (Fsp3) is 0.263. The third kappa shape index (κ3) is 2.63. The summed E-state index contributed by atoms with van der Waals surface area (Å²) in [6.07, 6.45) is 3.99. The summed E-state index contributed by atoms with van der Waals surface area (Å²) < 4.78 is 21.7. The molecule has 2 aromatic carbocycles. The summed E-state index contributed by atoms with van der Waals surface area (Å²) >= 11 is 0. The van der Waals surface area contributed by atoms with E-state index in [1.54, 1.807) is 18.3 Å². The first-order valence-electron chi connectivity index (χ1n) is 8.32. The van der Waals surface area contributed by atoms with Crippen molar-refractivity contribution < 1.29 is 9.11 Å². The van der Waals surface area contributed by atoms with E-state index in [9.17, 15) is 9.11 Å². The molecule has 0 saturated carbocycles. The van der Waals surface area contributed by atoms with E-state index < -0.39 is 10.6 Å². The van der Waals surface area contributed by atoms with Crippen molar-refractivity contribution in [3.8, 4) is 0 Å². The molecule has 0 bridgehead atoms. The smallest absolute Gasteiger partial charge is 0.0890 e. The van der Waals surface area contributed by atoms with Gasteiger partial charge in [0, 0.05) is 11.6 Å². The SMILES string of the molecule is OS(O)(c1ccccc1)c1c[nH]c2c(C3CCNCC3)cccc12. The number of para-hydroxylation sites is 1. The van der Waals surface area contributed by atoms with Crippen LogP contribution in [0.25, 0.3) is 10.9 Å². The van der Waals surface area contributed by atoms with Crippen molar-refractivity contribution in [2.75, 3.05) is 13.1 Å². The quantitative estimate of drug-likeness (QED) is 0.552. The number of aromatic amines is 1. The van der Waals surface area contributed by atoms with Crippen molar-refractivity contribution in [2.45, 2.75) is 28.6 Å². The Hall–Kier alpha value is -1.79. The molecule has 3 aromatic rings. The molecule has 0 atom stereocenters. The van der Waals surface area contributed by atoms with Crippen LogP contribution in [0.4, 0.5) is 0 Å². The second-order valence-electron chi connectivity index (χ2n) is 6.31. The summed E-state index contributed by atoms with van der Waals surface area (Å²) in [5.74, 6) is 0.514. The average Bonchev–Trinajstić information content (AvgIpc) is 3.08. The van der Waals surface area contributed by atoms with E-state index in [-0.39, 0.29) is 0 Å². The van der Waals surface area contributed by atoms with Crippen LogP contribution in [0, 0.1) is 0 Å². The molecule has 0 radical (unpaired) electrons. The number of aromatic nitrogens is 1. The third-order valence-corrected chi connectivity index (χ3v) is 6.75. The lowest BCUT2D eigenvalue weighted by molar-refractivity contribution is 0.462. The van der Waals surface area contributed by atoms with Gasteiger partial charge in [0.2, 0.25) is 0 Å². The van der Waals surface area contributed by atoms with Crippen LogP contribution in [0.5, 0.6) is 0 Å². The van der Waals surface area contributed by atoms with Gasteiger partial charge in [-0.2, -0.15) is 0 Å². The third-order valence-electron chi connectivity index (χ3n) is 4.87. The number of hydrogen-bond donors (Lipinski definition) is 4. The molecular formula is C19H22N2O2S. The zero-order chi connectivity index (χ0) is 16.6. The topological polar surface area (TPSA) is 68.3 Å². The Morgan fingerprint density at radius 3 is 2.42 bits per heavy atom. The van der Waals surface area contributed by atoms with Gasteiger partial charge in [-0.3, -0.25) is 9.11 Å². The first-order chi connectivity index (χ1) is 11.7. The average molecular weight is 342 g/mol. The number of benzene rings is 2. The number of hydrogen-bond acceptors (Lipinski definition) is 3. The Bertz CT molecular complexity index is 839. The lowest BCUT2D eigenvalue weighted by Crippen LogP contribution is -2.26. The van der Waals surface area contributed by atoms with Crippen molar-refractivity contribution >= 4 is 21.5 Å². The molecule has 2 heterocycles. The van der Waals surface area contributed by atoms with Crippen LogP contribution < -0.4 is 5.32 Å². The number of fused-ring (bicyclic) bond motifs is 1. The van der Waals surface area contributed by atoms with Crippen LogP contribution in [-0.4, -0.2) is 27.2 Å². The highest BCUT2D eigenvalue weighted by atomic mass is 32.3. The molecule has 1 aliphatic heterocycles. The zero-order valence-corrected chi connectivity index (χ0v) is 14.2. The molecule has 126 valence electrons. The maximum Gasteiger partial charge on any atom is 0.0890 e. The second kappa shape index (κ2) is 6.26. The molecule has 1 aromatic heterocycles. The van der Waals surface area contributed by atoms with E-state index >= 15 is 0 Å². The summed E-state index contributed by atoms with van der Waals surface area (Å²) in [6.45, 7) is 2.07. The summed E-state index contributed by atoms with van der Waals surface area (Å²) in [5.41, 5.74) is 2.32. The number of nitrogens with one attached hydrogen (secondary N) is 2. The van der Waals surface area contributed by atoms with E-state index in [4.69, 9.17) is 0 Å². The van der Waals surface area contributed by atoms with Gasteiger partial charge in [0.15, 0.2) is 0 Å². The molecule has 4 rings (SSSR count). The highest BCUT2D eigenvalue weighted by Gasteiger charge is 2.25. The minimum absolute atomic E-state index is 0.514. The van der Waals surface area contributed by atoms with E-state index in [0.29, 0.717) is 15.7 Å². The standard InChI is InChI=1S/C19H22N2O2S/c22-24(23,15-5-2-1-3-6-15)18-13-21-19-16(7-4-8-17(18)19)14-9-11-20-12-10-14/h1-8,13-14,20-23H,9-12H2. The van der Waals surface area contributed by atoms with Crippen LogP contribution in [0.15, 0.2) is 64.5 Å². The van der Waals surface area contributed by atoms with Gasteiger partial charge in [0.05, 0.1) is 15.3 Å². The van der Waals surface area contributed by atoms with Gasteiger partial charge in [-0.15, -0.1) is 10.6 Å². The second-order valence-corrected chi connectivity index (χ2v) is 8.32. The van der Waals surface area contributed by atoms with Gasteiger partial charge >= 0.3 is 0 Å². The van der Waals surface area contributed by atoms with Crippen molar-refractivity contribution in [2.24, 2.45) is 0 Å². The highest BCUT2D eigenvalue weighted by Crippen LogP contribution is 2.57. The Kier molecular flexibility index (Phi) is 4.10. The minimum atomic E-state index is -3.01. The van der Waals surface area contributed by atoms with Gasteiger partial charge in [-0.1, -0.05) is 36.4 Å².